The Hall–Kier alpha value is -2.90. The first-order valence-electron chi connectivity index (χ1n) is 8.70. The molecule has 0 bridgehead atoms. The number of hydrogen-bond acceptors (Lipinski definition) is 6. The molecular formula is C18H23N5O3. The fourth-order valence-corrected chi connectivity index (χ4v) is 3.20. The van der Waals surface area contributed by atoms with Crippen LogP contribution in [0.3, 0.4) is 0 Å². The van der Waals surface area contributed by atoms with Gasteiger partial charge in [-0.1, -0.05) is 0 Å². The predicted octanol–water partition coefficient (Wildman–Crippen LogP) is 1.56. The number of esters is 1. The summed E-state index contributed by atoms with van der Waals surface area (Å²) >= 11 is 0. The second-order valence-corrected chi connectivity index (χ2v) is 6.17. The van der Waals surface area contributed by atoms with Gasteiger partial charge in [0.1, 0.15) is 5.69 Å². The van der Waals surface area contributed by atoms with Crippen LogP contribution in [0.5, 0.6) is 0 Å². The Bertz CT molecular complexity index is 795. The number of ether oxygens (including phenoxy) is 1. The quantitative estimate of drug-likeness (QED) is 0.835. The van der Waals surface area contributed by atoms with Crippen molar-refractivity contribution in [1.29, 1.82) is 0 Å². The summed E-state index contributed by atoms with van der Waals surface area (Å²) < 4.78 is 5.09. The van der Waals surface area contributed by atoms with E-state index in [-0.39, 0.29) is 5.91 Å². The number of H-pyrrole nitrogens is 1. The number of rotatable bonds is 4. The smallest absolute Gasteiger partial charge is 0.340 e. The zero-order valence-corrected chi connectivity index (χ0v) is 15.3. The molecule has 1 amide bonds. The molecule has 0 unspecified atom stereocenters. The Balaban J connectivity index is 1.71. The number of hydrogen-bond donors (Lipinski definition) is 1. The van der Waals surface area contributed by atoms with Crippen LogP contribution < -0.4 is 4.90 Å². The van der Waals surface area contributed by atoms with Crippen LogP contribution in [-0.2, 0) is 4.74 Å². The first-order chi connectivity index (χ1) is 12.5. The summed E-state index contributed by atoms with van der Waals surface area (Å²) in [5, 5.41) is 0. The highest BCUT2D eigenvalue weighted by atomic mass is 16.5. The molecule has 0 spiro atoms. The second-order valence-electron chi connectivity index (χ2n) is 6.17. The van der Waals surface area contributed by atoms with E-state index >= 15 is 0 Å². The second kappa shape index (κ2) is 7.55. The van der Waals surface area contributed by atoms with Crippen molar-refractivity contribution in [1.82, 2.24) is 19.9 Å². The molecule has 1 aliphatic heterocycles. The normalized spacial score (nSPS) is 14.4. The average molecular weight is 357 g/mol. The van der Waals surface area contributed by atoms with Crippen molar-refractivity contribution in [2.24, 2.45) is 0 Å². The maximum absolute atomic E-state index is 12.9. The van der Waals surface area contributed by atoms with Gasteiger partial charge in [0.05, 0.1) is 12.2 Å². The molecule has 26 heavy (non-hydrogen) atoms. The van der Waals surface area contributed by atoms with E-state index in [9.17, 15) is 9.59 Å². The number of anilines is 1. The first kappa shape index (κ1) is 17.9. The number of nitrogens with one attached hydrogen (secondary N) is 1. The Morgan fingerprint density at radius 2 is 1.81 bits per heavy atom. The zero-order chi connectivity index (χ0) is 18.7. The van der Waals surface area contributed by atoms with Gasteiger partial charge in [-0.05, 0) is 32.4 Å². The van der Waals surface area contributed by atoms with Gasteiger partial charge in [-0.3, -0.25) is 4.79 Å². The largest absolute Gasteiger partial charge is 0.462 e. The van der Waals surface area contributed by atoms with E-state index < -0.39 is 5.97 Å². The highest BCUT2D eigenvalue weighted by Crippen LogP contribution is 2.21. The third kappa shape index (κ3) is 3.40. The number of aryl methyl sites for hydroxylation is 1. The topological polar surface area (TPSA) is 91.4 Å². The Labute approximate surface area is 152 Å². The molecule has 0 aromatic carbocycles. The summed E-state index contributed by atoms with van der Waals surface area (Å²) in [6.07, 6.45) is 3.42. The molecule has 1 fully saturated rings. The summed E-state index contributed by atoms with van der Waals surface area (Å²) in [7, 11) is 0. The zero-order valence-electron chi connectivity index (χ0n) is 15.3. The lowest BCUT2D eigenvalue weighted by molar-refractivity contribution is 0.0525. The van der Waals surface area contributed by atoms with E-state index in [1.807, 2.05) is 0 Å². The number of nitrogens with zero attached hydrogens (tertiary/aromatic N) is 4. The molecule has 1 saturated heterocycles. The van der Waals surface area contributed by atoms with Crippen LogP contribution >= 0.6 is 0 Å². The molecule has 3 heterocycles. The van der Waals surface area contributed by atoms with Gasteiger partial charge in [0, 0.05) is 44.3 Å². The van der Waals surface area contributed by atoms with Gasteiger partial charge in [0.2, 0.25) is 5.95 Å². The van der Waals surface area contributed by atoms with Crippen LogP contribution in [-0.4, -0.2) is 64.5 Å². The molecule has 1 aliphatic rings. The molecule has 0 aliphatic carbocycles. The van der Waals surface area contributed by atoms with Gasteiger partial charge < -0.3 is 19.5 Å². The monoisotopic (exact) mass is 357 g/mol. The van der Waals surface area contributed by atoms with Crippen LogP contribution in [0, 0.1) is 13.8 Å². The lowest BCUT2D eigenvalue weighted by Gasteiger charge is -2.34. The van der Waals surface area contributed by atoms with Gasteiger partial charge in [0.15, 0.2) is 0 Å². The third-order valence-electron chi connectivity index (χ3n) is 4.53. The summed E-state index contributed by atoms with van der Waals surface area (Å²) in [6.45, 7) is 8.09. The average Bonchev–Trinajstić information content (AvgIpc) is 2.96. The molecule has 2 aromatic rings. The highest BCUT2D eigenvalue weighted by molar-refractivity contribution is 6.00. The maximum Gasteiger partial charge on any atom is 0.340 e. The Kier molecular flexibility index (Phi) is 5.20. The van der Waals surface area contributed by atoms with Gasteiger partial charge >= 0.3 is 5.97 Å². The SMILES string of the molecule is CCOC(=O)c1c(C)[nH]c(C(=O)N2CCN(c3ncccn3)CC2)c1C. The van der Waals surface area contributed by atoms with E-state index in [1.54, 1.807) is 44.1 Å². The Morgan fingerprint density at radius 3 is 2.42 bits per heavy atom. The molecule has 0 saturated carbocycles. The van der Waals surface area contributed by atoms with Gasteiger partial charge in [-0.2, -0.15) is 0 Å². The van der Waals surface area contributed by atoms with E-state index in [0.29, 0.717) is 61.2 Å². The molecular weight excluding hydrogens is 334 g/mol. The van der Waals surface area contributed by atoms with Crippen molar-refractivity contribution in [2.75, 3.05) is 37.7 Å². The van der Waals surface area contributed by atoms with Crippen molar-refractivity contribution in [3.8, 4) is 0 Å². The standard InChI is InChI=1S/C18H23N5O3/c1-4-26-17(25)14-12(2)15(21-13(14)3)16(24)22-8-10-23(11-9-22)18-19-6-5-7-20-18/h5-7,21H,4,8-11H2,1-3H3. The molecule has 0 radical (unpaired) electrons. The minimum atomic E-state index is -0.399. The molecule has 0 atom stereocenters. The molecule has 138 valence electrons. The van der Waals surface area contributed by atoms with E-state index in [1.165, 1.54) is 0 Å². The van der Waals surface area contributed by atoms with Crippen molar-refractivity contribution in [2.45, 2.75) is 20.8 Å². The van der Waals surface area contributed by atoms with E-state index in [0.717, 1.165) is 0 Å². The number of amides is 1. The van der Waals surface area contributed by atoms with E-state index in [4.69, 9.17) is 4.74 Å². The highest BCUT2D eigenvalue weighted by Gasteiger charge is 2.28. The molecule has 8 heteroatoms. The molecule has 2 aromatic heterocycles. The van der Waals surface area contributed by atoms with Crippen LogP contribution in [0.4, 0.5) is 5.95 Å². The minimum absolute atomic E-state index is 0.102. The van der Waals surface area contributed by atoms with Gasteiger partial charge in [-0.25, -0.2) is 14.8 Å². The summed E-state index contributed by atoms with van der Waals surface area (Å²) in [4.78, 5) is 40.4. The van der Waals surface area contributed by atoms with Crippen LogP contribution in [0.1, 0.15) is 39.0 Å². The lowest BCUT2D eigenvalue weighted by atomic mass is 10.1. The summed E-state index contributed by atoms with van der Waals surface area (Å²) in [5.41, 5.74) is 2.20. The fraction of sp³-hybridized carbons (Fsp3) is 0.444. The minimum Gasteiger partial charge on any atom is -0.462 e. The molecule has 1 N–H and O–H groups in total. The van der Waals surface area contributed by atoms with Gasteiger partial charge in [-0.15, -0.1) is 0 Å². The lowest BCUT2D eigenvalue weighted by Crippen LogP contribution is -2.49. The number of carbonyl (C=O) groups excluding carboxylic acids is 2. The first-order valence-corrected chi connectivity index (χ1v) is 8.70. The van der Waals surface area contributed by atoms with Crippen LogP contribution in [0.15, 0.2) is 18.5 Å². The predicted molar refractivity (Wildman–Crippen MR) is 96.4 cm³/mol. The number of aromatic amines is 1. The van der Waals surface area contributed by atoms with E-state index in [2.05, 4.69) is 19.9 Å². The van der Waals surface area contributed by atoms with Gasteiger partial charge in [0.25, 0.3) is 5.91 Å². The molecule has 3 rings (SSSR count). The molecule has 8 nitrogen and oxygen atoms in total. The van der Waals surface area contributed by atoms with Crippen molar-refractivity contribution in [3.63, 3.8) is 0 Å². The third-order valence-corrected chi connectivity index (χ3v) is 4.53. The number of aromatic nitrogens is 3. The number of carbonyl (C=O) groups is 2. The fourth-order valence-electron chi connectivity index (χ4n) is 3.20. The van der Waals surface area contributed by atoms with Crippen LogP contribution in [0.25, 0.3) is 0 Å². The van der Waals surface area contributed by atoms with Crippen molar-refractivity contribution >= 4 is 17.8 Å². The maximum atomic E-state index is 12.9. The number of piperazine rings is 1. The van der Waals surface area contributed by atoms with Crippen molar-refractivity contribution < 1.29 is 14.3 Å². The van der Waals surface area contributed by atoms with Crippen LogP contribution in [0.2, 0.25) is 0 Å². The Morgan fingerprint density at radius 1 is 1.15 bits per heavy atom. The summed E-state index contributed by atoms with van der Waals surface area (Å²) in [5.74, 6) is 0.176. The van der Waals surface area contributed by atoms with Crippen molar-refractivity contribution in [3.05, 3.63) is 41.0 Å². The summed E-state index contributed by atoms with van der Waals surface area (Å²) in [6, 6.07) is 1.78.